The minimum Gasteiger partial charge on any atom is -0.380 e. The van der Waals surface area contributed by atoms with Crippen molar-refractivity contribution in [3.63, 3.8) is 0 Å². The van der Waals surface area contributed by atoms with Crippen LogP contribution in [0.2, 0.25) is 0 Å². The monoisotopic (exact) mass is 1140 g/mol. The van der Waals surface area contributed by atoms with Crippen LogP contribution in [-0.4, -0.2) is 200 Å². The maximum absolute atomic E-state index is 12.6. The van der Waals surface area contributed by atoms with E-state index in [1.54, 1.807) is 0 Å². The molecule has 10 N–H and O–H groups in total. The molecule has 2 aliphatic heterocycles. The third-order valence-electron chi connectivity index (χ3n) is 7.77. The molecule has 4 amide bonds. The maximum atomic E-state index is 12.6. The normalized spacial score (nSPS) is 26.6. The number of ether oxygens (including phenoxy) is 3. The SMILES string of the molecule is C[C@@H]1C(OS(=O)(=O)O)O[C@H](NC(=O)CNC(=O)CSCCOCCSCC(=O)NCC(=O)N[C@@H]2OC(OS(=O)(=O)O)[C@H](C)[C@@H](OS(=O)(=O)O)C2OS(=O)(=O)O)[C@H](OS(=O)(=O)O)C1OS(=O)(=O)O. The van der Waals surface area contributed by atoms with Crippen molar-refractivity contribution in [1.29, 1.82) is 0 Å². The number of carbonyl (C=O) groups excluding carboxylic acids is 4. The molecule has 2 fully saturated rings. The second-order valence-electron chi connectivity index (χ2n) is 13.0. The second kappa shape index (κ2) is 25.7. The molecular formula is C24H42N4O31S8. The molecule has 0 aromatic heterocycles. The highest BCUT2D eigenvalue weighted by atomic mass is 32.3. The molecule has 10 atom stereocenters. The highest BCUT2D eigenvalue weighted by Crippen LogP contribution is 2.34. The molecular weight excluding hydrogens is 1100 g/mol. The molecule has 0 saturated carbocycles. The van der Waals surface area contributed by atoms with Gasteiger partial charge < -0.3 is 35.5 Å². The molecule has 2 saturated heterocycles. The molecule has 35 nitrogen and oxygen atoms in total. The fraction of sp³-hybridized carbons (Fsp3) is 0.833. The van der Waals surface area contributed by atoms with E-state index >= 15 is 0 Å². The van der Waals surface area contributed by atoms with Gasteiger partial charge in [-0.15, -0.1) is 23.5 Å². The summed E-state index contributed by atoms with van der Waals surface area (Å²) in [5.41, 5.74) is 0. The molecule has 0 aromatic rings. The smallest absolute Gasteiger partial charge is 0.380 e. The van der Waals surface area contributed by atoms with E-state index in [0.29, 0.717) is 0 Å². The Balaban J connectivity index is 1.78. The first-order valence-electron chi connectivity index (χ1n) is 17.5. The first-order chi connectivity index (χ1) is 30.4. The van der Waals surface area contributed by atoms with Crippen LogP contribution in [0.5, 0.6) is 0 Å². The van der Waals surface area contributed by atoms with Crippen LogP contribution in [0, 0.1) is 11.8 Å². The highest BCUT2D eigenvalue weighted by Gasteiger charge is 2.53. The zero-order chi connectivity index (χ0) is 51.3. The molecule has 67 heavy (non-hydrogen) atoms. The van der Waals surface area contributed by atoms with Gasteiger partial charge >= 0.3 is 62.4 Å². The topological polar surface area (TPSA) is 526 Å². The average Bonchev–Trinajstić information content (AvgIpc) is 3.13. The summed E-state index contributed by atoms with van der Waals surface area (Å²) in [6.45, 7) is 0.208. The first-order valence-corrected chi connectivity index (χ1v) is 28.0. The van der Waals surface area contributed by atoms with Gasteiger partial charge in [-0.2, -0.15) is 50.5 Å². The van der Waals surface area contributed by atoms with E-state index in [2.05, 4.69) is 35.7 Å². The zero-order valence-corrected chi connectivity index (χ0v) is 40.1. The Morgan fingerprint density at radius 1 is 0.463 bits per heavy atom. The van der Waals surface area contributed by atoms with Crippen molar-refractivity contribution in [3.05, 3.63) is 0 Å². The van der Waals surface area contributed by atoms with Crippen LogP contribution in [0.15, 0.2) is 0 Å². The summed E-state index contributed by atoms with van der Waals surface area (Å²) < 4.78 is 233. The van der Waals surface area contributed by atoms with Crippen LogP contribution in [0.3, 0.4) is 0 Å². The quantitative estimate of drug-likeness (QED) is 0.0257. The third-order valence-corrected chi connectivity index (χ3v) is 12.3. The van der Waals surface area contributed by atoms with Crippen LogP contribution >= 0.6 is 23.5 Å². The zero-order valence-electron chi connectivity index (χ0n) is 33.6. The number of nitrogens with one attached hydrogen (secondary N) is 4. The van der Waals surface area contributed by atoms with Crippen LogP contribution < -0.4 is 21.3 Å². The molecule has 4 unspecified atom stereocenters. The number of carbonyl (C=O) groups is 4. The number of hydrogen-bond acceptors (Lipinski definition) is 27. The lowest BCUT2D eigenvalue weighted by Crippen LogP contribution is -2.63. The Hall–Kier alpha value is -2.32. The van der Waals surface area contributed by atoms with E-state index in [0.717, 1.165) is 37.4 Å². The minimum atomic E-state index is -5.50. The van der Waals surface area contributed by atoms with Crippen LogP contribution in [0.1, 0.15) is 13.8 Å². The van der Waals surface area contributed by atoms with Gasteiger partial charge in [-0.3, -0.25) is 46.5 Å². The fourth-order valence-corrected chi connectivity index (χ4v) is 9.61. The summed E-state index contributed by atoms with van der Waals surface area (Å²) in [6, 6.07) is 0. The molecule has 2 rings (SSSR count). The third kappa shape index (κ3) is 25.4. The minimum absolute atomic E-state index is 0.0636. The van der Waals surface area contributed by atoms with E-state index < -0.39 is 160 Å². The van der Waals surface area contributed by atoms with Crippen molar-refractivity contribution in [3.8, 4) is 0 Å². The lowest BCUT2D eigenvalue weighted by molar-refractivity contribution is -0.246. The van der Waals surface area contributed by atoms with Crippen LogP contribution in [-0.2, 0) is 121 Å². The van der Waals surface area contributed by atoms with Crippen molar-refractivity contribution >= 4 is 110 Å². The predicted octanol–water partition coefficient (Wildman–Crippen LogP) is -6.04. The maximum Gasteiger partial charge on any atom is 0.399 e. The van der Waals surface area contributed by atoms with Crippen molar-refractivity contribution in [2.75, 3.05) is 49.3 Å². The van der Waals surface area contributed by atoms with Gasteiger partial charge in [-0.25, -0.2) is 25.1 Å². The van der Waals surface area contributed by atoms with Crippen molar-refractivity contribution in [2.24, 2.45) is 11.8 Å². The highest BCUT2D eigenvalue weighted by molar-refractivity contribution is 8.00. The molecule has 43 heteroatoms. The Bertz CT molecular complexity index is 2240. The summed E-state index contributed by atoms with van der Waals surface area (Å²) in [4.78, 5) is 49.7. The summed E-state index contributed by atoms with van der Waals surface area (Å²) in [6.07, 6.45) is -18.2. The van der Waals surface area contributed by atoms with E-state index in [1.165, 1.54) is 0 Å². The van der Waals surface area contributed by atoms with Gasteiger partial charge in [0, 0.05) is 23.3 Å². The van der Waals surface area contributed by atoms with Gasteiger partial charge in [0.05, 0.1) is 37.8 Å². The Labute approximate surface area is 389 Å². The lowest BCUT2D eigenvalue weighted by Gasteiger charge is -2.42. The van der Waals surface area contributed by atoms with Gasteiger partial charge in [0.2, 0.25) is 23.6 Å². The van der Waals surface area contributed by atoms with Gasteiger partial charge in [0.15, 0.2) is 37.2 Å². The van der Waals surface area contributed by atoms with E-state index in [4.69, 9.17) is 32.4 Å². The molecule has 0 spiro atoms. The molecule has 2 heterocycles. The molecule has 0 bridgehead atoms. The molecule has 392 valence electrons. The Morgan fingerprint density at radius 2 is 0.746 bits per heavy atom. The number of hydrogen-bond donors (Lipinski definition) is 10. The average molecular weight is 1140 g/mol. The van der Waals surface area contributed by atoms with E-state index in [1.807, 2.05) is 10.6 Å². The van der Waals surface area contributed by atoms with Crippen molar-refractivity contribution in [2.45, 2.75) is 63.3 Å². The Morgan fingerprint density at radius 3 is 1.03 bits per heavy atom. The summed E-state index contributed by atoms with van der Waals surface area (Å²) in [7, 11) is -32.7. The first kappa shape index (κ1) is 60.8. The molecule has 2 aliphatic rings. The van der Waals surface area contributed by atoms with Crippen LogP contribution in [0.25, 0.3) is 0 Å². The second-order valence-corrected chi connectivity index (χ2v) is 21.5. The fourth-order valence-electron chi connectivity index (χ4n) is 5.24. The van der Waals surface area contributed by atoms with Crippen molar-refractivity contribution in [1.82, 2.24) is 21.3 Å². The molecule has 0 radical (unpaired) electrons. The van der Waals surface area contributed by atoms with E-state index in [-0.39, 0.29) is 36.2 Å². The standard InChI is InChI=1S/C24H42N4O31S8/c1-11-17(54-62(33,34)35)19(56-64(39,40)41)21(52-23(11)58-66(45,46)47)27-13(29)7-25-15(31)9-60-5-3-51-4-6-61-10-16(32)26-8-14(30)28-22-20(57-65(42,43)44)18(55-63(36,37)38)12(2)24(53-22)59-67(48,49)50/h11-12,17-24H,3-10H2,1-2H3,(H,25,31)(H,26,32)(H,27,29)(H,28,30)(H,33,34,35)(H,36,37,38)(H,39,40,41)(H,42,43,44)(H,45,46,47)(H,48,49,50)/t11-,12+,17-,18?,19?,20-,21-,22+,23?,24?/m1/s1. The van der Waals surface area contributed by atoms with Gasteiger partial charge in [-0.05, 0) is 0 Å². The lowest BCUT2D eigenvalue weighted by atomic mass is 9.95. The molecule has 0 aromatic carbocycles. The van der Waals surface area contributed by atoms with Crippen LogP contribution in [0.4, 0.5) is 0 Å². The van der Waals surface area contributed by atoms with Gasteiger partial charge in [0.1, 0.15) is 12.2 Å². The Kier molecular flexibility index (Phi) is 23.3. The van der Waals surface area contributed by atoms with Gasteiger partial charge in [0.25, 0.3) is 0 Å². The largest absolute Gasteiger partial charge is 0.399 e. The number of thioether (sulfide) groups is 2. The predicted molar refractivity (Wildman–Crippen MR) is 214 cm³/mol. The van der Waals surface area contributed by atoms with Gasteiger partial charge in [-0.1, -0.05) is 13.8 Å². The summed E-state index contributed by atoms with van der Waals surface area (Å²) >= 11 is 2.01. The molecule has 0 aliphatic carbocycles. The van der Waals surface area contributed by atoms with E-state index in [9.17, 15) is 78.8 Å². The summed E-state index contributed by atoms with van der Waals surface area (Å²) in [5, 5.41) is 8.13. The van der Waals surface area contributed by atoms with Crippen molar-refractivity contribution < 1.29 is 136 Å². The summed E-state index contributed by atoms with van der Waals surface area (Å²) in [5.74, 6) is -7.50. The number of rotatable bonds is 28. The number of amides is 4.